The minimum atomic E-state index is -4.74. The molecule has 0 unspecified atom stereocenters. The Labute approximate surface area is 127 Å². The highest BCUT2D eigenvalue weighted by molar-refractivity contribution is 7.46. The van der Waals surface area contributed by atoms with Crippen molar-refractivity contribution in [2.24, 2.45) is 0 Å². The lowest BCUT2D eigenvalue weighted by Crippen LogP contribution is -2.33. The Morgan fingerprint density at radius 2 is 2.04 bits per heavy atom. The number of nitrogens with one attached hydrogen (secondary N) is 2. The first-order chi connectivity index (χ1) is 10.8. The molecule has 1 fully saturated rings. The number of aromatic nitrogens is 4. The average molecular weight is 348 g/mol. The molecule has 23 heavy (non-hydrogen) atoms. The molecule has 1 saturated heterocycles. The molecular formula is C10H13N4O8P. The number of phosphoric ester groups is 1. The smallest absolute Gasteiger partial charge is 0.387 e. The summed E-state index contributed by atoms with van der Waals surface area (Å²) >= 11 is 0. The van der Waals surface area contributed by atoms with Gasteiger partial charge in [-0.25, -0.2) is 9.55 Å². The fourth-order valence-corrected chi connectivity index (χ4v) is 2.70. The van der Waals surface area contributed by atoms with Crippen LogP contribution in [0.1, 0.15) is 11.8 Å². The molecule has 6 N–H and O–H groups in total. The van der Waals surface area contributed by atoms with E-state index in [-0.39, 0.29) is 16.7 Å². The van der Waals surface area contributed by atoms with E-state index in [2.05, 4.69) is 24.7 Å². The Morgan fingerprint density at radius 3 is 2.74 bits per heavy atom. The van der Waals surface area contributed by atoms with Crippen molar-refractivity contribution >= 4 is 18.9 Å². The quantitative estimate of drug-likeness (QED) is 0.334. The van der Waals surface area contributed by atoms with Gasteiger partial charge in [-0.15, -0.1) is 0 Å². The highest BCUT2D eigenvalue weighted by Gasteiger charge is 2.45. The molecule has 0 aliphatic carbocycles. The number of ether oxygens (including phenoxy) is 1. The highest BCUT2D eigenvalue weighted by Crippen LogP contribution is 2.39. The zero-order chi connectivity index (χ0) is 16.8. The molecule has 126 valence electrons. The van der Waals surface area contributed by atoms with Crippen LogP contribution in [0.2, 0.25) is 0 Å². The zero-order valence-corrected chi connectivity index (χ0v) is 12.3. The van der Waals surface area contributed by atoms with Gasteiger partial charge in [0.1, 0.15) is 29.9 Å². The van der Waals surface area contributed by atoms with Crippen molar-refractivity contribution in [3.05, 3.63) is 22.4 Å². The maximum Gasteiger partial charge on any atom is 0.469 e. The molecule has 2 aromatic rings. The molecule has 0 saturated carbocycles. The molecule has 13 heteroatoms. The molecule has 1 aliphatic rings. The summed E-state index contributed by atoms with van der Waals surface area (Å²) in [6, 6.07) is 0. The maximum absolute atomic E-state index is 11.6. The number of aliphatic hydroxyl groups is 2. The summed E-state index contributed by atoms with van der Waals surface area (Å²) in [4.78, 5) is 35.2. The first-order valence-corrected chi connectivity index (χ1v) is 7.94. The molecule has 0 amide bonds. The standard InChI is InChI=1S/C10H13N4O8P/c15-7-3(1-21-23(18,19)20)22-9(8(7)16)5-4-6(14-13-5)10(17)12-2-11-4/h2-3,7-9,15-16H,1H2,(H,13,14)(H,11,12,17)(H2,18,19,20)/t3-,7-,8-,9+/m0/s1. The molecule has 0 radical (unpaired) electrons. The molecule has 0 aromatic carbocycles. The summed E-state index contributed by atoms with van der Waals surface area (Å²) in [5.74, 6) is 0. The van der Waals surface area contributed by atoms with Crippen molar-refractivity contribution < 1.29 is 33.8 Å². The number of phosphoric acid groups is 1. The van der Waals surface area contributed by atoms with E-state index in [0.717, 1.165) is 6.33 Å². The lowest BCUT2D eigenvalue weighted by Gasteiger charge is -2.14. The van der Waals surface area contributed by atoms with Gasteiger partial charge in [-0.3, -0.25) is 14.4 Å². The number of aliphatic hydroxyl groups excluding tert-OH is 2. The van der Waals surface area contributed by atoms with Crippen LogP contribution < -0.4 is 5.56 Å². The van der Waals surface area contributed by atoms with Gasteiger partial charge >= 0.3 is 7.82 Å². The van der Waals surface area contributed by atoms with Crippen LogP contribution in [-0.2, 0) is 13.8 Å². The third-order valence-corrected chi connectivity index (χ3v) is 3.91. The molecule has 3 rings (SSSR count). The van der Waals surface area contributed by atoms with Gasteiger partial charge in [0.05, 0.1) is 18.6 Å². The van der Waals surface area contributed by atoms with Gasteiger partial charge in [0.25, 0.3) is 5.56 Å². The molecule has 12 nitrogen and oxygen atoms in total. The number of rotatable bonds is 4. The monoisotopic (exact) mass is 348 g/mol. The molecule has 1 aliphatic heterocycles. The fourth-order valence-electron chi connectivity index (χ4n) is 2.36. The number of fused-ring (bicyclic) bond motifs is 1. The third-order valence-electron chi connectivity index (χ3n) is 3.43. The van der Waals surface area contributed by atoms with Crippen LogP contribution in [0.5, 0.6) is 0 Å². The van der Waals surface area contributed by atoms with Gasteiger partial charge in [0, 0.05) is 0 Å². The molecule has 2 aromatic heterocycles. The number of H-pyrrole nitrogens is 2. The zero-order valence-electron chi connectivity index (χ0n) is 11.4. The highest BCUT2D eigenvalue weighted by atomic mass is 31.2. The average Bonchev–Trinajstić information content (AvgIpc) is 3.01. The van der Waals surface area contributed by atoms with E-state index >= 15 is 0 Å². The normalized spacial score (nSPS) is 28.5. The summed E-state index contributed by atoms with van der Waals surface area (Å²) in [5.41, 5.74) is -0.174. The predicted molar refractivity (Wildman–Crippen MR) is 72.1 cm³/mol. The van der Waals surface area contributed by atoms with Crippen LogP contribution >= 0.6 is 7.82 Å². The van der Waals surface area contributed by atoms with Gasteiger partial charge in [0.15, 0.2) is 5.52 Å². The van der Waals surface area contributed by atoms with Crippen LogP contribution in [0, 0.1) is 0 Å². The number of hydrogen-bond acceptors (Lipinski definition) is 8. The van der Waals surface area contributed by atoms with Gasteiger partial charge in [-0.05, 0) is 0 Å². The molecule has 0 bridgehead atoms. The second-order valence-electron chi connectivity index (χ2n) is 4.93. The van der Waals surface area contributed by atoms with E-state index < -0.39 is 44.4 Å². The number of hydrogen-bond donors (Lipinski definition) is 6. The maximum atomic E-state index is 11.6. The SMILES string of the molecule is O=c1[nH]cnc2c([C@H]3O[C@@H](COP(=O)(O)O)[C@H](O)[C@@H]3O)[nH]nc12. The van der Waals surface area contributed by atoms with E-state index in [0.29, 0.717) is 0 Å². The van der Waals surface area contributed by atoms with Gasteiger partial charge < -0.3 is 29.7 Å². The van der Waals surface area contributed by atoms with Gasteiger partial charge in [-0.1, -0.05) is 0 Å². The molecular weight excluding hydrogens is 335 g/mol. The summed E-state index contributed by atoms with van der Waals surface area (Å²) in [5, 5.41) is 26.3. The van der Waals surface area contributed by atoms with Crippen LogP contribution in [-0.4, -0.2) is 65.1 Å². The largest absolute Gasteiger partial charge is 0.469 e. The van der Waals surface area contributed by atoms with Crippen LogP contribution in [0.3, 0.4) is 0 Å². The number of aromatic amines is 2. The topological polar surface area (TPSA) is 191 Å². The van der Waals surface area contributed by atoms with Crippen molar-refractivity contribution in [2.45, 2.75) is 24.4 Å². The van der Waals surface area contributed by atoms with Crippen molar-refractivity contribution in [3.63, 3.8) is 0 Å². The van der Waals surface area contributed by atoms with Crippen LogP contribution in [0.25, 0.3) is 11.0 Å². The van der Waals surface area contributed by atoms with E-state index in [9.17, 15) is 19.6 Å². The van der Waals surface area contributed by atoms with Crippen molar-refractivity contribution in [2.75, 3.05) is 6.61 Å². The lowest BCUT2D eigenvalue weighted by atomic mass is 10.1. The third kappa shape index (κ3) is 3.05. The van der Waals surface area contributed by atoms with E-state index in [4.69, 9.17) is 14.5 Å². The second kappa shape index (κ2) is 5.76. The summed E-state index contributed by atoms with van der Waals surface area (Å²) in [6.07, 6.45) is -4.02. The Hall–Kier alpha value is -1.66. The Balaban J connectivity index is 1.87. The summed E-state index contributed by atoms with van der Waals surface area (Å²) < 4.78 is 20.4. The van der Waals surface area contributed by atoms with Crippen molar-refractivity contribution in [3.8, 4) is 0 Å². The minimum Gasteiger partial charge on any atom is -0.387 e. The van der Waals surface area contributed by atoms with Crippen LogP contribution in [0.4, 0.5) is 0 Å². The van der Waals surface area contributed by atoms with E-state index in [1.54, 1.807) is 0 Å². The van der Waals surface area contributed by atoms with Gasteiger partial charge in [0.2, 0.25) is 0 Å². The Morgan fingerprint density at radius 1 is 1.30 bits per heavy atom. The Bertz CT molecular complexity index is 815. The summed E-state index contributed by atoms with van der Waals surface area (Å²) in [6.45, 7) is -0.626. The fraction of sp³-hybridized carbons (Fsp3) is 0.500. The second-order valence-corrected chi connectivity index (χ2v) is 6.17. The van der Waals surface area contributed by atoms with Crippen molar-refractivity contribution in [1.29, 1.82) is 0 Å². The van der Waals surface area contributed by atoms with E-state index in [1.165, 1.54) is 0 Å². The predicted octanol–water partition coefficient (Wildman–Crippen LogP) is -2.08. The first-order valence-electron chi connectivity index (χ1n) is 6.41. The summed E-state index contributed by atoms with van der Waals surface area (Å²) in [7, 11) is -4.74. The number of nitrogens with zero attached hydrogens (tertiary/aromatic N) is 2. The Kier molecular flexibility index (Phi) is 4.06. The molecule has 0 spiro atoms. The van der Waals surface area contributed by atoms with Crippen LogP contribution in [0.15, 0.2) is 11.1 Å². The lowest BCUT2D eigenvalue weighted by molar-refractivity contribution is -0.0231. The van der Waals surface area contributed by atoms with Gasteiger partial charge in [-0.2, -0.15) is 5.10 Å². The first kappa shape index (κ1) is 16.2. The molecule has 4 atom stereocenters. The molecule has 3 heterocycles. The van der Waals surface area contributed by atoms with E-state index in [1.807, 2.05) is 0 Å². The minimum absolute atomic E-state index is 0.00251. The van der Waals surface area contributed by atoms with Crippen molar-refractivity contribution in [1.82, 2.24) is 20.2 Å².